The fraction of sp³-hybridized carbons (Fsp3) is 0.158. The molecular formula is C38H34F2N6. The maximum absolute atomic E-state index is 13.5. The molecule has 0 fully saturated rings. The van der Waals surface area contributed by atoms with E-state index in [1.807, 2.05) is 102 Å². The minimum atomic E-state index is -0.283. The summed E-state index contributed by atoms with van der Waals surface area (Å²) in [4.78, 5) is 28.4. The van der Waals surface area contributed by atoms with E-state index in [-0.39, 0.29) is 11.6 Å². The van der Waals surface area contributed by atoms with Crippen LogP contribution >= 0.6 is 0 Å². The molecule has 0 saturated heterocycles. The Morgan fingerprint density at radius 2 is 0.783 bits per heavy atom. The Bertz CT molecular complexity index is 1880. The Balaban J connectivity index is 1.31. The fourth-order valence-corrected chi connectivity index (χ4v) is 4.74. The molecule has 5 rings (SSSR count). The van der Waals surface area contributed by atoms with E-state index in [1.54, 1.807) is 12.1 Å². The average Bonchev–Trinajstić information content (AvgIpc) is 3.04. The molecule has 6 nitrogen and oxygen atoms in total. The molecule has 5 aromatic rings. The van der Waals surface area contributed by atoms with Crippen LogP contribution < -0.4 is 0 Å². The maximum atomic E-state index is 13.5. The third-order valence-electron chi connectivity index (χ3n) is 7.32. The van der Waals surface area contributed by atoms with Gasteiger partial charge in [0.05, 0.1) is 68.4 Å². The molecule has 0 amide bonds. The van der Waals surface area contributed by atoms with Gasteiger partial charge in [-0.05, 0) is 138 Å². The van der Waals surface area contributed by atoms with Gasteiger partial charge in [0, 0.05) is 0 Å². The number of halogens is 2. The van der Waals surface area contributed by atoms with Gasteiger partial charge in [0.2, 0.25) is 0 Å². The van der Waals surface area contributed by atoms with Crippen molar-refractivity contribution in [3.05, 3.63) is 143 Å². The van der Waals surface area contributed by atoms with Crippen molar-refractivity contribution in [3.8, 4) is 0 Å². The van der Waals surface area contributed by atoms with Crippen molar-refractivity contribution in [1.29, 1.82) is 0 Å². The number of nitrogens with zero attached hydrogens (tertiary/aromatic N) is 6. The highest BCUT2D eigenvalue weighted by molar-refractivity contribution is 6.03. The molecule has 0 saturated carbocycles. The highest BCUT2D eigenvalue weighted by Gasteiger charge is 2.08. The van der Waals surface area contributed by atoms with E-state index in [0.29, 0.717) is 11.4 Å². The molecule has 3 aromatic carbocycles. The SMILES string of the molecule is C/C(=N\c1ccc(/N=C(\C)c2cccc(/C(C)=N/c3ccc(F)cc3C)n2)cc1)c1cccc(/C(C)=N/c2ccc(F)cc2C)n1. The van der Waals surface area contributed by atoms with Crippen LogP contribution in [0.4, 0.5) is 31.5 Å². The van der Waals surface area contributed by atoms with E-state index in [0.717, 1.165) is 68.1 Å². The monoisotopic (exact) mass is 612 g/mol. The van der Waals surface area contributed by atoms with Gasteiger partial charge in [-0.15, -0.1) is 0 Å². The number of pyridine rings is 2. The van der Waals surface area contributed by atoms with Crippen LogP contribution in [0.25, 0.3) is 0 Å². The first-order valence-corrected chi connectivity index (χ1v) is 14.8. The first-order valence-electron chi connectivity index (χ1n) is 14.8. The zero-order valence-corrected chi connectivity index (χ0v) is 26.7. The number of hydrogen-bond acceptors (Lipinski definition) is 6. The maximum Gasteiger partial charge on any atom is 0.123 e. The molecule has 0 spiro atoms. The fourth-order valence-electron chi connectivity index (χ4n) is 4.74. The molecule has 0 atom stereocenters. The van der Waals surface area contributed by atoms with Gasteiger partial charge in [0.25, 0.3) is 0 Å². The van der Waals surface area contributed by atoms with E-state index < -0.39 is 0 Å². The molecule has 8 heteroatoms. The molecule has 2 aromatic heterocycles. The Morgan fingerprint density at radius 3 is 1.11 bits per heavy atom. The second kappa shape index (κ2) is 14.1. The number of rotatable bonds is 8. The van der Waals surface area contributed by atoms with Crippen molar-refractivity contribution in [2.75, 3.05) is 0 Å². The summed E-state index contributed by atoms with van der Waals surface area (Å²) in [5.74, 6) is -0.565. The molecule has 0 radical (unpaired) electrons. The van der Waals surface area contributed by atoms with Crippen molar-refractivity contribution in [2.24, 2.45) is 20.0 Å². The van der Waals surface area contributed by atoms with E-state index >= 15 is 0 Å². The van der Waals surface area contributed by atoms with Gasteiger partial charge in [-0.3, -0.25) is 20.0 Å². The third kappa shape index (κ3) is 7.95. The van der Waals surface area contributed by atoms with Crippen molar-refractivity contribution < 1.29 is 8.78 Å². The molecular weight excluding hydrogens is 578 g/mol. The summed E-state index contributed by atoms with van der Waals surface area (Å²) < 4.78 is 27.0. The first-order chi connectivity index (χ1) is 22.0. The minimum absolute atomic E-state index is 0.283. The molecule has 0 aliphatic rings. The Morgan fingerprint density at radius 1 is 0.457 bits per heavy atom. The number of benzene rings is 3. The number of aliphatic imine (C=N–C) groups is 4. The second-order valence-corrected chi connectivity index (χ2v) is 11.0. The predicted octanol–water partition coefficient (Wildman–Crippen LogP) is 9.93. The lowest BCUT2D eigenvalue weighted by Crippen LogP contribution is -2.05. The van der Waals surface area contributed by atoms with Crippen LogP contribution in [0.15, 0.2) is 117 Å². The van der Waals surface area contributed by atoms with Gasteiger partial charge in [-0.25, -0.2) is 18.7 Å². The highest BCUT2D eigenvalue weighted by atomic mass is 19.1. The lowest BCUT2D eigenvalue weighted by atomic mass is 10.1. The average molecular weight is 613 g/mol. The lowest BCUT2D eigenvalue weighted by molar-refractivity contribution is 0.626. The number of aryl methyl sites for hydroxylation is 2. The van der Waals surface area contributed by atoms with Crippen LogP contribution in [0.2, 0.25) is 0 Å². The van der Waals surface area contributed by atoms with Crippen LogP contribution in [0.3, 0.4) is 0 Å². The van der Waals surface area contributed by atoms with E-state index in [9.17, 15) is 8.78 Å². The van der Waals surface area contributed by atoms with Crippen molar-refractivity contribution in [2.45, 2.75) is 41.5 Å². The molecule has 0 unspecified atom stereocenters. The topological polar surface area (TPSA) is 75.2 Å². The quantitative estimate of drug-likeness (QED) is 0.164. The summed E-state index contributed by atoms with van der Waals surface area (Å²) in [5, 5.41) is 0. The summed E-state index contributed by atoms with van der Waals surface area (Å²) in [6.45, 7) is 11.3. The molecule has 0 bridgehead atoms. The third-order valence-corrected chi connectivity index (χ3v) is 7.32. The minimum Gasteiger partial charge on any atom is -0.252 e. The summed E-state index contributed by atoms with van der Waals surface area (Å²) in [5.41, 5.74) is 10.4. The first kappa shape index (κ1) is 31.9. The number of aromatic nitrogens is 2. The predicted molar refractivity (Wildman–Crippen MR) is 185 cm³/mol. The van der Waals surface area contributed by atoms with Crippen LogP contribution in [-0.4, -0.2) is 32.8 Å². The van der Waals surface area contributed by atoms with Gasteiger partial charge in [-0.2, -0.15) is 0 Å². The van der Waals surface area contributed by atoms with Crippen molar-refractivity contribution in [3.63, 3.8) is 0 Å². The normalized spacial score (nSPS) is 12.9. The zero-order chi connectivity index (χ0) is 32.8. The van der Waals surface area contributed by atoms with E-state index in [4.69, 9.17) is 20.0 Å². The molecule has 0 aliphatic heterocycles. The number of hydrogen-bond donors (Lipinski definition) is 0. The van der Waals surface area contributed by atoms with E-state index in [1.165, 1.54) is 24.3 Å². The molecule has 0 N–H and O–H groups in total. The van der Waals surface area contributed by atoms with Crippen molar-refractivity contribution >= 4 is 45.6 Å². The van der Waals surface area contributed by atoms with Gasteiger partial charge < -0.3 is 0 Å². The van der Waals surface area contributed by atoms with Crippen molar-refractivity contribution in [1.82, 2.24) is 9.97 Å². The van der Waals surface area contributed by atoms with Crippen LogP contribution in [0, 0.1) is 25.5 Å². The Kier molecular flexibility index (Phi) is 9.76. The van der Waals surface area contributed by atoms with Gasteiger partial charge in [0.15, 0.2) is 0 Å². The van der Waals surface area contributed by atoms with E-state index in [2.05, 4.69) is 9.98 Å². The van der Waals surface area contributed by atoms with Gasteiger partial charge >= 0.3 is 0 Å². The molecule has 230 valence electrons. The molecule has 2 heterocycles. The standard InChI is InChI=1S/C38H34F2N6/c1-23-21-29(39)13-19-33(23)43-27(5)37-11-7-9-35(45-37)25(3)41-31-15-17-32(18-16-31)42-26(4)36-10-8-12-38(46-36)28(6)44-34-20-14-30(40)22-24(34)2/h7-22H,1-6H3/b41-25+,42-26+,43-27+,44-28+. The highest BCUT2D eigenvalue weighted by Crippen LogP contribution is 2.23. The summed E-state index contributed by atoms with van der Waals surface area (Å²) in [7, 11) is 0. The largest absolute Gasteiger partial charge is 0.252 e. The van der Waals surface area contributed by atoms with Crippen LogP contribution in [0.1, 0.15) is 61.6 Å². The van der Waals surface area contributed by atoms with Crippen LogP contribution in [0.5, 0.6) is 0 Å². The lowest BCUT2D eigenvalue weighted by Gasteiger charge is -2.07. The Labute approximate surface area is 268 Å². The van der Waals surface area contributed by atoms with Gasteiger partial charge in [0.1, 0.15) is 11.6 Å². The van der Waals surface area contributed by atoms with Crippen LogP contribution in [-0.2, 0) is 0 Å². The second-order valence-electron chi connectivity index (χ2n) is 11.0. The smallest absolute Gasteiger partial charge is 0.123 e. The summed E-state index contributed by atoms with van der Waals surface area (Å²) in [6, 6.07) is 28.2. The molecule has 46 heavy (non-hydrogen) atoms. The summed E-state index contributed by atoms with van der Waals surface area (Å²) >= 11 is 0. The summed E-state index contributed by atoms with van der Waals surface area (Å²) in [6.07, 6.45) is 0. The van der Waals surface area contributed by atoms with Gasteiger partial charge in [-0.1, -0.05) is 12.1 Å². The Hall–Kier alpha value is -5.50. The zero-order valence-electron chi connectivity index (χ0n) is 26.7. The molecule has 0 aliphatic carbocycles.